The number of carbonyl (C=O) groups excluding carboxylic acids is 3. The highest BCUT2D eigenvalue weighted by Crippen LogP contribution is 2.65. The van der Waals surface area contributed by atoms with Crippen LogP contribution in [0.25, 0.3) is 11.3 Å². The monoisotopic (exact) mass is 502 g/mol. The zero-order chi connectivity index (χ0) is 27.2. The van der Waals surface area contributed by atoms with Gasteiger partial charge in [-0.25, -0.2) is 0 Å². The van der Waals surface area contributed by atoms with Gasteiger partial charge in [-0.15, -0.1) is 0 Å². The lowest BCUT2D eigenvalue weighted by molar-refractivity contribution is -0.180. The number of rotatable bonds is 3. The third kappa shape index (κ3) is 3.05. The first kappa shape index (κ1) is 25.4. The van der Waals surface area contributed by atoms with E-state index in [2.05, 4.69) is 0 Å². The zero-order valence-electron chi connectivity index (χ0n) is 22.2. The van der Waals surface area contributed by atoms with E-state index >= 15 is 0 Å². The molecule has 0 aromatic heterocycles. The Morgan fingerprint density at radius 3 is 2.35 bits per heavy atom. The highest BCUT2D eigenvalue weighted by molar-refractivity contribution is 6.33. The smallest absolute Gasteiger partial charge is 0.206 e. The molecule has 0 unspecified atom stereocenters. The predicted molar refractivity (Wildman–Crippen MR) is 141 cm³/mol. The molecule has 5 rings (SSSR count). The summed E-state index contributed by atoms with van der Waals surface area (Å²) in [5.74, 6) is -3.31. The predicted octanol–water partition coefficient (Wildman–Crippen LogP) is 5.04. The number of benzene rings is 1. The maximum atomic E-state index is 14.3. The van der Waals surface area contributed by atoms with Crippen molar-refractivity contribution in [3.8, 4) is 5.75 Å². The Hall–Kier alpha value is -3.25. The molecule has 6 heteroatoms. The minimum Gasteiger partial charge on any atom is -0.507 e. The Morgan fingerprint density at radius 1 is 1.11 bits per heavy atom. The second-order valence-electron chi connectivity index (χ2n) is 12.1. The van der Waals surface area contributed by atoms with Crippen LogP contribution in [0.5, 0.6) is 5.75 Å². The third-order valence-electron chi connectivity index (χ3n) is 9.31. The van der Waals surface area contributed by atoms with Crippen LogP contribution in [-0.4, -0.2) is 38.3 Å². The molecular formula is C31H34O6. The molecule has 0 radical (unpaired) electrons. The van der Waals surface area contributed by atoms with E-state index in [0.29, 0.717) is 12.0 Å². The number of aliphatic hydroxyl groups is 2. The number of phenols is 1. The average Bonchev–Trinajstić information content (AvgIpc) is 3.30. The minimum absolute atomic E-state index is 0.0516. The number of aliphatic hydroxyl groups excluding tert-OH is 1. The Balaban J connectivity index is 1.81. The average molecular weight is 503 g/mol. The lowest BCUT2D eigenvalue weighted by Gasteiger charge is -2.60. The summed E-state index contributed by atoms with van der Waals surface area (Å²) in [5, 5.41) is 34.5. The Kier molecular flexibility index (Phi) is 5.41. The normalized spacial score (nSPS) is 33.0. The van der Waals surface area contributed by atoms with Crippen LogP contribution in [0.4, 0.5) is 0 Å². The van der Waals surface area contributed by atoms with Gasteiger partial charge in [0.1, 0.15) is 11.5 Å². The summed E-state index contributed by atoms with van der Waals surface area (Å²) in [6.07, 6.45) is 7.32. The summed E-state index contributed by atoms with van der Waals surface area (Å²) in [4.78, 5) is 40.7. The van der Waals surface area contributed by atoms with Crippen LogP contribution in [0, 0.1) is 22.7 Å². The molecule has 0 aliphatic heterocycles. The van der Waals surface area contributed by atoms with E-state index in [1.807, 2.05) is 45.1 Å². The topological polar surface area (TPSA) is 112 Å². The fourth-order valence-corrected chi connectivity index (χ4v) is 8.20. The Morgan fingerprint density at radius 2 is 1.78 bits per heavy atom. The molecule has 1 saturated carbocycles. The van der Waals surface area contributed by atoms with Crippen molar-refractivity contribution in [1.82, 2.24) is 0 Å². The Bertz CT molecular complexity index is 1420. The quantitative estimate of drug-likeness (QED) is 0.395. The number of hydrogen-bond acceptors (Lipinski definition) is 6. The van der Waals surface area contributed by atoms with Crippen molar-refractivity contribution in [3.63, 3.8) is 0 Å². The van der Waals surface area contributed by atoms with E-state index in [4.69, 9.17) is 0 Å². The molecule has 0 heterocycles. The summed E-state index contributed by atoms with van der Waals surface area (Å²) in [7, 11) is 0. The molecule has 1 aromatic carbocycles. The summed E-state index contributed by atoms with van der Waals surface area (Å²) in [5.41, 5.74) is -1.33. The molecule has 0 bridgehead atoms. The fraction of sp³-hybridized carbons (Fsp3) is 0.452. The fourth-order valence-electron chi connectivity index (χ4n) is 8.20. The van der Waals surface area contributed by atoms with Gasteiger partial charge in [-0.2, -0.15) is 0 Å². The van der Waals surface area contributed by atoms with Crippen molar-refractivity contribution in [2.24, 2.45) is 22.7 Å². The number of ketones is 3. The number of phenolic OH excluding ortho intramolecular Hbond substituents is 1. The van der Waals surface area contributed by atoms with Crippen LogP contribution in [0.3, 0.4) is 0 Å². The van der Waals surface area contributed by atoms with Crippen molar-refractivity contribution in [2.75, 3.05) is 0 Å². The SMILES string of the molecule is CC(=O)C1=C(C)[C@@H](C(C)C)[C@]2(C)C[C@]3(C)Cc4c(C5=CC=CC5)ccc(O)c4C(O)=C3C(=O)[C@]2(O)C1=O. The third-order valence-corrected chi connectivity index (χ3v) is 9.31. The molecule has 4 aliphatic rings. The van der Waals surface area contributed by atoms with Crippen molar-refractivity contribution in [1.29, 1.82) is 0 Å². The molecule has 0 spiro atoms. The second-order valence-corrected chi connectivity index (χ2v) is 12.1. The number of Topliss-reactive ketones (excluding diaryl/α,β-unsaturated/α-hetero) is 3. The summed E-state index contributed by atoms with van der Waals surface area (Å²) in [6, 6.07) is 3.34. The van der Waals surface area contributed by atoms with Gasteiger partial charge in [0.25, 0.3) is 0 Å². The second kappa shape index (κ2) is 7.87. The maximum Gasteiger partial charge on any atom is 0.206 e. The van der Waals surface area contributed by atoms with Crippen LogP contribution >= 0.6 is 0 Å². The number of allylic oxidation sites excluding steroid dienone is 5. The van der Waals surface area contributed by atoms with E-state index in [0.717, 1.165) is 23.1 Å². The van der Waals surface area contributed by atoms with E-state index in [1.165, 1.54) is 13.0 Å². The highest BCUT2D eigenvalue weighted by Gasteiger charge is 2.72. The summed E-state index contributed by atoms with van der Waals surface area (Å²) >= 11 is 0. The van der Waals surface area contributed by atoms with E-state index in [1.54, 1.807) is 13.8 Å². The first-order valence-corrected chi connectivity index (χ1v) is 12.9. The first-order valence-electron chi connectivity index (χ1n) is 12.9. The summed E-state index contributed by atoms with van der Waals surface area (Å²) < 4.78 is 0. The Labute approximate surface area is 217 Å². The maximum absolute atomic E-state index is 14.3. The summed E-state index contributed by atoms with van der Waals surface area (Å²) in [6.45, 7) is 10.6. The lowest BCUT2D eigenvalue weighted by atomic mass is 9.42. The van der Waals surface area contributed by atoms with Crippen molar-refractivity contribution >= 4 is 28.7 Å². The molecule has 194 valence electrons. The molecule has 4 atom stereocenters. The number of aromatic hydroxyl groups is 1. The molecule has 37 heavy (non-hydrogen) atoms. The molecule has 0 amide bonds. The van der Waals surface area contributed by atoms with Crippen LogP contribution in [0.15, 0.2) is 47.1 Å². The van der Waals surface area contributed by atoms with Gasteiger partial charge in [0, 0.05) is 16.4 Å². The van der Waals surface area contributed by atoms with Crippen LogP contribution in [-0.2, 0) is 20.8 Å². The van der Waals surface area contributed by atoms with Gasteiger partial charge in [0.15, 0.2) is 11.4 Å². The van der Waals surface area contributed by atoms with Crippen molar-refractivity contribution in [2.45, 2.75) is 66.4 Å². The van der Waals surface area contributed by atoms with Crippen LogP contribution < -0.4 is 0 Å². The molecule has 4 aliphatic carbocycles. The number of fused-ring (bicyclic) bond motifs is 3. The van der Waals surface area contributed by atoms with E-state index < -0.39 is 45.5 Å². The zero-order valence-corrected chi connectivity index (χ0v) is 22.2. The molecule has 6 nitrogen and oxygen atoms in total. The van der Waals surface area contributed by atoms with Crippen molar-refractivity contribution < 1.29 is 29.7 Å². The van der Waals surface area contributed by atoms with Gasteiger partial charge >= 0.3 is 0 Å². The first-order chi connectivity index (χ1) is 17.2. The standard InChI is InChI=1S/C31H34O6/c1-15(2)24-16(3)22(17(4)32)27(35)31(37)28(36)25-26(34)23-20(13-29(25,5)14-30(24,31)6)19(11-12-21(23)33)18-9-7-8-10-18/h7-9,11-12,15,24,33-34,37H,10,13-14H2,1-6H3/t24-,29+,30+,31-/m1/s1. The van der Waals surface area contributed by atoms with Gasteiger partial charge in [0.2, 0.25) is 11.6 Å². The number of hydrogen-bond donors (Lipinski definition) is 3. The van der Waals surface area contributed by atoms with Gasteiger partial charge in [-0.3, -0.25) is 14.4 Å². The van der Waals surface area contributed by atoms with E-state index in [-0.39, 0.29) is 34.8 Å². The largest absolute Gasteiger partial charge is 0.507 e. The molecular weight excluding hydrogens is 468 g/mol. The molecule has 1 aromatic rings. The molecule has 0 saturated heterocycles. The van der Waals surface area contributed by atoms with Crippen molar-refractivity contribution in [3.05, 3.63) is 63.8 Å². The van der Waals surface area contributed by atoms with Gasteiger partial charge in [-0.05, 0) is 67.7 Å². The lowest BCUT2D eigenvalue weighted by Crippen LogP contribution is -2.70. The van der Waals surface area contributed by atoms with Gasteiger partial charge in [-0.1, -0.05) is 57.6 Å². The minimum atomic E-state index is -2.51. The van der Waals surface area contributed by atoms with E-state index in [9.17, 15) is 29.7 Å². The molecule has 3 N–H and O–H groups in total. The molecule has 1 fully saturated rings. The highest BCUT2D eigenvalue weighted by atomic mass is 16.3. The number of carbonyl (C=O) groups is 3. The van der Waals surface area contributed by atoms with Gasteiger partial charge < -0.3 is 15.3 Å². The van der Waals surface area contributed by atoms with Gasteiger partial charge in [0.05, 0.1) is 11.1 Å². The van der Waals surface area contributed by atoms with Crippen LogP contribution in [0.2, 0.25) is 0 Å². The van der Waals surface area contributed by atoms with Crippen LogP contribution in [0.1, 0.15) is 71.1 Å².